The van der Waals surface area contributed by atoms with E-state index in [1.807, 2.05) is 57.3 Å². The SMILES string of the molecule is C=CCSCC=CSSCCCSCC=C. The highest BCUT2D eigenvalue weighted by molar-refractivity contribution is 8.77. The monoisotopic (exact) mass is 292 g/mol. The van der Waals surface area contributed by atoms with Gasteiger partial charge in [0.2, 0.25) is 0 Å². The molecule has 0 atom stereocenters. The van der Waals surface area contributed by atoms with Gasteiger partial charge in [-0.25, -0.2) is 0 Å². The van der Waals surface area contributed by atoms with E-state index in [0.29, 0.717) is 0 Å². The second-order valence-electron chi connectivity index (χ2n) is 2.83. The Kier molecular flexibility index (Phi) is 16.2. The van der Waals surface area contributed by atoms with Gasteiger partial charge in [0.05, 0.1) is 0 Å². The third-order valence-corrected chi connectivity index (χ3v) is 5.51. The van der Waals surface area contributed by atoms with Crippen molar-refractivity contribution >= 4 is 45.1 Å². The number of hydrogen-bond donors (Lipinski definition) is 0. The van der Waals surface area contributed by atoms with E-state index in [1.165, 1.54) is 17.9 Å². The van der Waals surface area contributed by atoms with Crippen molar-refractivity contribution in [3.05, 3.63) is 36.8 Å². The van der Waals surface area contributed by atoms with Gasteiger partial charge in [0.1, 0.15) is 0 Å². The molecule has 0 aromatic heterocycles. The molecule has 0 aliphatic heterocycles. The van der Waals surface area contributed by atoms with Gasteiger partial charge in [-0.1, -0.05) is 39.8 Å². The van der Waals surface area contributed by atoms with Gasteiger partial charge < -0.3 is 0 Å². The second kappa shape index (κ2) is 15.6. The standard InChI is InChI=1S/C12H20S4/c1-3-7-13-9-5-11-15-16-12-6-10-14-8-4-2/h3-5,11H,1-2,6-10,12H2. The predicted molar refractivity (Wildman–Crippen MR) is 88.9 cm³/mol. The average molecular weight is 293 g/mol. The zero-order valence-corrected chi connectivity index (χ0v) is 12.9. The van der Waals surface area contributed by atoms with Crippen LogP contribution in [0.1, 0.15) is 6.42 Å². The molecule has 0 amide bonds. The molecule has 0 radical (unpaired) electrons. The predicted octanol–water partition coefficient (Wildman–Crippen LogP) is 5.11. The lowest BCUT2D eigenvalue weighted by Crippen LogP contribution is -1.82. The Hall–Kier alpha value is 0.620. The first kappa shape index (κ1) is 16.6. The molecule has 0 aliphatic carbocycles. The topological polar surface area (TPSA) is 0 Å². The lowest BCUT2D eigenvalue weighted by Gasteiger charge is -1.97. The minimum atomic E-state index is 1.04. The molecule has 4 heteroatoms. The van der Waals surface area contributed by atoms with Crippen molar-refractivity contribution in [1.29, 1.82) is 0 Å². The molecule has 0 heterocycles. The molecule has 0 aromatic rings. The Balaban J connectivity index is 3.02. The summed E-state index contributed by atoms with van der Waals surface area (Å²) in [5.41, 5.74) is 0. The number of thioether (sulfide) groups is 2. The molecule has 0 saturated carbocycles. The van der Waals surface area contributed by atoms with Crippen LogP contribution >= 0.6 is 45.1 Å². The van der Waals surface area contributed by atoms with Crippen molar-refractivity contribution in [2.75, 3.05) is 28.8 Å². The molecule has 0 aromatic carbocycles. The zero-order valence-electron chi connectivity index (χ0n) is 9.60. The summed E-state index contributed by atoms with van der Waals surface area (Å²) in [7, 11) is 3.78. The third kappa shape index (κ3) is 14.6. The van der Waals surface area contributed by atoms with Gasteiger partial charge in [-0.2, -0.15) is 23.5 Å². The van der Waals surface area contributed by atoms with Gasteiger partial charge >= 0.3 is 0 Å². The Bertz CT molecular complexity index is 189. The zero-order chi connectivity index (χ0) is 11.9. The molecule has 0 rings (SSSR count). The number of rotatable bonds is 12. The van der Waals surface area contributed by atoms with E-state index in [9.17, 15) is 0 Å². The summed E-state index contributed by atoms with van der Waals surface area (Å²) < 4.78 is 0. The van der Waals surface area contributed by atoms with Crippen LogP contribution in [0, 0.1) is 0 Å². The Morgan fingerprint density at radius 3 is 2.38 bits per heavy atom. The van der Waals surface area contributed by atoms with Crippen LogP contribution in [-0.4, -0.2) is 28.8 Å². The summed E-state index contributed by atoms with van der Waals surface area (Å²) in [6.45, 7) is 7.39. The lowest BCUT2D eigenvalue weighted by molar-refractivity contribution is 1.13. The molecule has 92 valence electrons. The summed E-state index contributed by atoms with van der Waals surface area (Å²) in [4.78, 5) is 0. The Labute approximate surface area is 117 Å². The molecule has 0 bridgehead atoms. The number of hydrogen-bond acceptors (Lipinski definition) is 4. The average Bonchev–Trinajstić information content (AvgIpc) is 2.31. The Morgan fingerprint density at radius 1 is 0.875 bits per heavy atom. The van der Waals surface area contributed by atoms with Crippen LogP contribution in [0.5, 0.6) is 0 Å². The molecule has 0 nitrogen and oxygen atoms in total. The first-order valence-corrected chi connectivity index (χ1v) is 9.91. The first-order valence-electron chi connectivity index (χ1n) is 5.22. The van der Waals surface area contributed by atoms with Crippen molar-refractivity contribution in [3.63, 3.8) is 0 Å². The first-order chi connectivity index (χ1) is 7.91. The van der Waals surface area contributed by atoms with Crippen LogP contribution in [0.3, 0.4) is 0 Å². The van der Waals surface area contributed by atoms with Crippen LogP contribution in [0.15, 0.2) is 36.8 Å². The van der Waals surface area contributed by atoms with Gasteiger partial charge in [-0.3, -0.25) is 0 Å². The van der Waals surface area contributed by atoms with Crippen molar-refractivity contribution in [1.82, 2.24) is 0 Å². The third-order valence-electron chi connectivity index (χ3n) is 1.42. The quantitative estimate of drug-likeness (QED) is 0.278. The summed E-state index contributed by atoms with van der Waals surface area (Å²) in [5, 5.41) is 2.19. The minimum Gasteiger partial charge on any atom is -0.158 e. The largest absolute Gasteiger partial charge is 0.158 e. The summed E-state index contributed by atoms with van der Waals surface area (Å²) in [5.74, 6) is 5.70. The van der Waals surface area contributed by atoms with E-state index < -0.39 is 0 Å². The fourth-order valence-corrected chi connectivity index (χ4v) is 4.02. The maximum atomic E-state index is 3.70. The lowest BCUT2D eigenvalue weighted by atomic mass is 10.6. The molecule has 16 heavy (non-hydrogen) atoms. The molecule has 0 saturated heterocycles. The van der Waals surface area contributed by atoms with E-state index in [0.717, 1.165) is 17.3 Å². The highest BCUT2D eigenvalue weighted by Gasteiger charge is 1.89. The smallest absolute Gasteiger partial charge is 0.0124 e. The summed E-state index contributed by atoms with van der Waals surface area (Å²) in [6.07, 6.45) is 7.42. The summed E-state index contributed by atoms with van der Waals surface area (Å²) >= 11 is 3.85. The maximum absolute atomic E-state index is 3.70. The van der Waals surface area contributed by atoms with Crippen LogP contribution in [0.25, 0.3) is 0 Å². The fraction of sp³-hybridized carbons (Fsp3) is 0.500. The van der Waals surface area contributed by atoms with Crippen molar-refractivity contribution in [2.24, 2.45) is 0 Å². The maximum Gasteiger partial charge on any atom is 0.0124 e. The van der Waals surface area contributed by atoms with E-state index in [-0.39, 0.29) is 0 Å². The van der Waals surface area contributed by atoms with E-state index >= 15 is 0 Å². The molecular formula is C12H20S4. The molecule has 0 spiro atoms. The molecule has 0 aliphatic rings. The normalized spacial score (nSPS) is 10.8. The van der Waals surface area contributed by atoms with Crippen LogP contribution in [-0.2, 0) is 0 Å². The molecule has 0 fully saturated rings. The van der Waals surface area contributed by atoms with E-state index in [2.05, 4.69) is 24.6 Å². The van der Waals surface area contributed by atoms with Gasteiger partial charge in [-0.05, 0) is 17.6 Å². The van der Waals surface area contributed by atoms with Crippen LogP contribution in [0.2, 0.25) is 0 Å². The van der Waals surface area contributed by atoms with Crippen molar-refractivity contribution < 1.29 is 0 Å². The highest BCUT2D eigenvalue weighted by Crippen LogP contribution is 2.24. The van der Waals surface area contributed by atoms with Gasteiger partial charge in [-0.15, -0.1) is 13.2 Å². The second-order valence-corrected chi connectivity index (χ2v) is 7.45. The highest BCUT2D eigenvalue weighted by atomic mass is 33.1. The Morgan fingerprint density at radius 2 is 1.62 bits per heavy atom. The fourth-order valence-electron chi connectivity index (χ4n) is 0.772. The molecule has 0 unspecified atom stereocenters. The van der Waals surface area contributed by atoms with E-state index in [4.69, 9.17) is 0 Å². The van der Waals surface area contributed by atoms with Gasteiger partial charge in [0.25, 0.3) is 0 Å². The van der Waals surface area contributed by atoms with Crippen molar-refractivity contribution in [2.45, 2.75) is 6.42 Å². The van der Waals surface area contributed by atoms with Gasteiger partial charge in [0, 0.05) is 23.0 Å². The van der Waals surface area contributed by atoms with Crippen LogP contribution in [0.4, 0.5) is 0 Å². The van der Waals surface area contributed by atoms with Crippen molar-refractivity contribution in [3.8, 4) is 0 Å². The minimum absolute atomic E-state index is 1.04. The molecule has 0 N–H and O–H groups in total. The van der Waals surface area contributed by atoms with Crippen LogP contribution < -0.4 is 0 Å². The van der Waals surface area contributed by atoms with E-state index in [1.54, 1.807) is 0 Å². The molecular weight excluding hydrogens is 272 g/mol. The summed E-state index contributed by atoms with van der Waals surface area (Å²) in [6, 6.07) is 0. The van der Waals surface area contributed by atoms with Gasteiger partial charge in [0.15, 0.2) is 0 Å².